The van der Waals surface area contributed by atoms with Crippen molar-refractivity contribution in [1.29, 1.82) is 0 Å². The zero-order valence-electron chi connectivity index (χ0n) is 18.5. The number of nitro groups is 1. The lowest BCUT2D eigenvalue weighted by Gasteiger charge is -2.32. The lowest BCUT2D eigenvalue weighted by Crippen LogP contribution is -2.50. The summed E-state index contributed by atoms with van der Waals surface area (Å²) < 4.78 is 26.3. The monoisotopic (exact) mass is 447 g/mol. The van der Waals surface area contributed by atoms with Crippen molar-refractivity contribution in [3.05, 3.63) is 69.3 Å². The summed E-state index contributed by atoms with van der Waals surface area (Å²) >= 11 is 0. The van der Waals surface area contributed by atoms with Gasteiger partial charge in [-0.25, -0.2) is 8.42 Å². The molecule has 2 rings (SSSR count). The van der Waals surface area contributed by atoms with Gasteiger partial charge in [0.1, 0.15) is 6.04 Å². The number of benzene rings is 2. The minimum absolute atomic E-state index is 0.124. The SMILES string of the molecule is CCc1ccc(C(C)NC(=O)C(CC)N(c2cc([N+](=O)[O-])ccc2C)S(C)(=O)=O)cc1. The number of sulfonamides is 1. The summed E-state index contributed by atoms with van der Waals surface area (Å²) in [4.78, 5) is 23.7. The summed E-state index contributed by atoms with van der Waals surface area (Å²) in [6.45, 7) is 7.24. The van der Waals surface area contributed by atoms with Crippen LogP contribution >= 0.6 is 0 Å². The molecule has 0 aliphatic carbocycles. The minimum Gasteiger partial charge on any atom is -0.348 e. The van der Waals surface area contributed by atoms with Crippen molar-refractivity contribution in [2.75, 3.05) is 10.6 Å². The Labute approximate surface area is 183 Å². The molecule has 168 valence electrons. The van der Waals surface area contributed by atoms with Crippen molar-refractivity contribution in [1.82, 2.24) is 5.32 Å². The van der Waals surface area contributed by atoms with E-state index in [1.807, 2.05) is 31.2 Å². The van der Waals surface area contributed by atoms with Crippen LogP contribution in [0.2, 0.25) is 0 Å². The lowest BCUT2D eigenvalue weighted by molar-refractivity contribution is -0.384. The van der Waals surface area contributed by atoms with Gasteiger partial charge in [-0.05, 0) is 43.4 Å². The maximum atomic E-state index is 13.1. The van der Waals surface area contributed by atoms with E-state index in [9.17, 15) is 23.3 Å². The highest BCUT2D eigenvalue weighted by Gasteiger charge is 2.33. The van der Waals surface area contributed by atoms with Gasteiger partial charge in [-0.1, -0.05) is 44.2 Å². The van der Waals surface area contributed by atoms with Crippen LogP contribution in [0.5, 0.6) is 0 Å². The molecule has 0 saturated heterocycles. The van der Waals surface area contributed by atoms with E-state index in [1.54, 1.807) is 13.8 Å². The van der Waals surface area contributed by atoms with E-state index in [1.165, 1.54) is 23.8 Å². The van der Waals surface area contributed by atoms with Gasteiger partial charge >= 0.3 is 0 Å². The molecule has 1 N–H and O–H groups in total. The van der Waals surface area contributed by atoms with E-state index in [-0.39, 0.29) is 23.8 Å². The Bertz CT molecular complexity index is 1050. The third kappa shape index (κ3) is 5.81. The molecule has 0 aliphatic heterocycles. The molecule has 2 unspecified atom stereocenters. The Kier molecular flexibility index (Phi) is 7.78. The molecule has 0 fully saturated rings. The van der Waals surface area contributed by atoms with Crippen molar-refractivity contribution in [2.24, 2.45) is 0 Å². The number of anilines is 1. The highest BCUT2D eigenvalue weighted by Crippen LogP contribution is 2.30. The van der Waals surface area contributed by atoms with E-state index in [0.717, 1.165) is 22.5 Å². The first-order chi connectivity index (χ1) is 14.5. The predicted octanol–water partition coefficient (Wildman–Crippen LogP) is 3.89. The summed E-state index contributed by atoms with van der Waals surface area (Å²) in [6.07, 6.45) is 2.10. The molecule has 8 nitrogen and oxygen atoms in total. The van der Waals surface area contributed by atoms with Crippen molar-refractivity contribution in [3.63, 3.8) is 0 Å². The largest absolute Gasteiger partial charge is 0.348 e. The number of carbonyl (C=O) groups excluding carboxylic acids is 1. The highest BCUT2D eigenvalue weighted by atomic mass is 32.2. The molecule has 0 saturated carbocycles. The van der Waals surface area contributed by atoms with Crippen LogP contribution in [0.4, 0.5) is 11.4 Å². The molecular formula is C22H29N3O5S. The second-order valence-electron chi connectivity index (χ2n) is 7.54. The molecule has 0 aliphatic rings. The first kappa shape index (κ1) is 24.3. The average molecular weight is 448 g/mol. The van der Waals surface area contributed by atoms with Crippen LogP contribution in [0.1, 0.15) is 49.9 Å². The number of hydrogen-bond donors (Lipinski definition) is 1. The van der Waals surface area contributed by atoms with E-state index in [4.69, 9.17) is 0 Å². The van der Waals surface area contributed by atoms with Crippen LogP contribution in [-0.4, -0.2) is 31.5 Å². The summed E-state index contributed by atoms with van der Waals surface area (Å²) in [5, 5.41) is 14.1. The Morgan fingerprint density at radius 3 is 2.26 bits per heavy atom. The minimum atomic E-state index is -3.90. The molecule has 0 bridgehead atoms. The molecule has 2 atom stereocenters. The van der Waals surface area contributed by atoms with E-state index in [0.29, 0.717) is 5.56 Å². The second kappa shape index (κ2) is 9.91. The number of nitro benzene ring substituents is 1. The molecule has 0 radical (unpaired) electrons. The second-order valence-corrected chi connectivity index (χ2v) is 9.40. The molecule has 0 heterocycles. The number of nitrogens with zero attached hydrogens (tertiary/aromatic N) is 2. The maximum Gasteiger partial charge on any atom is 0.271 e. The molecule has 1 amide bonds. The fourth-order valence-electron chi connectivity index (χ4n) is 3.42. The standard InChI is InChI=1S/C22H29N3O5S/c1-6-17-9-11-18(12-10-17)16(4)23-22(26)20(7-2)24(31(5,29)30)21-14-19(25(27)28)13-8-15(21)3/h8-14,16,20H,6-7H2,1-5H3,(H,23,26). The van der Waals surface area contributed by atoms with Crippen LogP contribution in [-0.2, 0) is 21.2 Å². The van der Waals surface area contributed by atoms with Gasteiger partial charge < -0.3 is 5.32 Å². The number of rotatable bonds is 9. The molecular weight excluding hydrogens is 418 g/mol. The normalized spacial score (nSPS) is 13.3. The van der Waals surface area contributed by atoms with Crippen molar-refractivity contribution in [3.8, 4) is 0 Å². The average Bonchev–Trinajstić information content (AvgIpc) is 2.71. The van der Waals surface area contributed by atoms with E-state index < -0.39 is 26.9 Å². The van der Waals surface area contributed by atoms with Gasteiger partial charge in [0.15, 0.2) is 0 Å². The highest BCUT2D eigenvalue weighted by molar-refractivity contribution is 7.92. The van der Waals surface area contributed by atoms with Gasteiger partial charge in [-0.2, -0.15) is 0 Å². The summed E-state index contributed by atoms with van der Waals surface area (Å²) in [7, 11) is -3.90. The Morgan fingerprint density at radius 2 is 1.77 bits per heavy atom. The number of nitrogens with one attached hydrogen (secondary N) is 1. The first-order valence-electron chi connectivity index (χ1n) is 10.1. The van der Waals surface area contributed by atoms with E-state index in [2.05, 4.69) is 12.2 Å². The quantitative estimate of drug-likeness (QED) is 0.463. The van der Waals surface area contributed by atoms with Crippen LogP contribution in [0.15, 0.2) is 42.5 Å². The van der Waals surface area contributed by atoms with Crippen LogP contribution in [0.25, 0.3) is 0 Å². The van der Waals surface area contributed by atoms with Crippen LogP contribution in [0, 0.1) is 17.0 Å². The van der Waals surface area contributed by atoms with E-state index >= 15 is 0 Å². The summed E-state index contributed by atoms with van der Waals surface area (Å²) in [6, 6.07) is 10.5. The molecule has 2 aromatic rings. The Morgan fingerprint density at radius 1 is 1.16 bits per heavy atom. The van der Waals surface area contributed by atoms with Gasteiger partial charge in [0, 0.05) is 12.1 Å². The number of hydrogen-bond acceptors (Lipinski definition) is 5. The molecule has 31 heavy (non-hydrogen) atoms. The van der Waals surface area contributed by atoms with Crippen molar-refractivity contribution in [2.45, 2.75) is 52.6 Å². The van der Waals surface area contributed by atoms with Crippen LogP contribution < -0.4 is 9.62 Å². The van der Waals surface area contributed by atoms with Gasteiger partial charge in [-0.3, -0.25) is 19.2 Å². The van der Waals surface area contributed by atoms with Crippen molar-refractivity contribution >= 4 is 27.3 Å². The Hall–Kier alpha value is -2.94. The molecule has 2 aromatic carbocycles. The predicted molar refractivity (Wildman–Crippen MR) is 122 cm³/mol. The zero-order chi connectivity index (χ0) is 23.3. The Balaban J connectivity index is 2.39. The fourth-order valence-corrected chi connectivity index (χ4v) is 4.68. The zero-order valence-corrected chi connectivity index (χ0v) is 19.3. The number of carbonyl (C=O) groups is 1. The van der Waals surface area contributed by atoms with Gasteiger partial charge in [0.05, 0.1) is 22.9 Å². The smallest absolute Gasteiger partial charge is 0.271 e. The maximum absolute atomic E-state index is 13.1. The molecule has 0 aromatic heterocycles. The summed E-state index contributed by atoms with van der Waals surface area (Å²) in [5.41, 5.74) is 2.48. The lowest BCUT2D eigenvalue weighted by atomic mass is 10.0. The number of non-ortho nitro benzene ring substituents is 1. The van der Waals surface area contributed by atoms with Gasteiger partial charge in [0.2, 0.25) is 15.9 Å². The molecule has 9 heteroatoms. The fraction of sp³-hybridized carbons (Fsp3) is 0.409. The van der Waals surface area contributed by atoms with Gasteiger partial charge in [0.25, 0.3) is 5.69 Å². The third-order valence-corrected chi connectivity index (χ3v) is 6.38. The molecule has 0 spiro atoms. The van der Waals surface area contributed by atoms with Crippen molar-refractivity contribution < 1.29 is 18.1 Å². The number of aryl methyl sites for hydroxylation is 2. The van der Waals surface area contributed by atoms with Gasteiger partial charge in [-0.15, -0.1) is 0 Å². The first-order valence-corrected chi connectivity index (χ1v) is 12.0. The summed E-state index contributed by atoms with van der Waals surface area (Å²) in [5.74, 6) is -0.467. The topological polar surface area (TPSA) is 110 Å². The third-order valence-electron chi connectivity index (χ3n) is 5.22. The van der Waals surface area contributed by atoms with Crippen LogP contribution in [0.3, 0.4) is 0 Å². The number of amides is 1.